The lowest BCUT2D eigenvalue weighted by Crippen LogP contribution is -2.24. The van der Waals surface area contributed by atoms with Gasteiger partial charge in [-0.05, 0) is 36.6 Å². The number of halogens is 3. The molecule has 134 valence electrons. The van der Waals surface area contributed by atoms with Crippen molar-refractivity contribution in [3.8, 4) is 0 Å². The van der Waals surface area contributed by atoms with Crippen LogP contribution < -0.4 is 10.6 Å². The van der Waals surface area contributed by atoms with E-state index in [-0.39, 0.29) is 16.8 Å². The number of alkyl halides is 3. The van der Waals surface area contributed by atoms with Crippen LogP contribution in [0.4, 0.5) is 18.9 Å². The molecule has 1 aliphatic heterocycles. The van der Waals surface area contributed by atoms with Crippen LogP contribution in [-0.4, -0.2) is 18.1 Å². The Morgan fingerprint density at radius 2 is 1.62 bits per heavy atom. The summed E-state index contributed by atoms with van der Waals surface area (Å²) in [7, 11) is 0. The molecule has 0 radical (unpaired) electrons. The van der Waals surface area contributed by atoms with Gasteiger partial charge in [-0.25, -0.2) is 0 Å². The second kappa shape index (κ2) is 6.87. The summed E-state index contributed by atoms with van der Waals surface area (Å²) in [5.41, 5.74) is -1.35. The fourth-order valence-corrected chi connectivity index (χ4v) is 3.01. The molecule has 8 heteroatoms. The van der Waals surface area contributed by atoms with Gasteiger partial charge < -0.3 is 5.32 Å². The summed E-state index contributed by atoms with van der Waals surface area (Å²) in [6, 6.07) is 11.6. The zero-order valence-corrected chi connectivity index (χ0v) is 14.3. The van der Waals surface area contributed by atoms with Crippen molar-refractivity contribution in [1.82, 2.24) is 5.32 Å². The van der Waals surface area contributed by atoms with Crippen molar-refractivity contribution >= 4 is 34.8 Å². The maximum absolute atomic E-state index is 13.3. The number of carbonyl (C=O) groups is 2. The lowest BCUT2D eigenvalue weighted by molar-refractivity contribution is -0.137. The Bertz CT molecular complexity index is 905. The first-order valence-corrected chi connectivity index (χ1v) is 8.71. The molecule has 2 N–H and O–H groups in total. The van der Waals surface area contributed by atoms with Crippen LogP contribution >= 0.6 is 11.8 Å². The van der Waals surface area contributed by atoms with Gasteiger partial charge in [0.25, 0.3) is 11.8 Å². The van der Waals surface area contributed by atoms with Gasteiger partial charge in [0.15, 0.2) is 0 Å². The fraction of sp³-hybridized carbons (Fsp3) is 0.111. The molecule has 2 aromatic rings. The van der Waals surface area contributed by atoms with Crippen molar-refractivity contribution in [3.05, 3.63) is 65.4 Å². The van der Waals surface area contributed by atoms with Gasteiger partial charge in [-0.15, -0.1) is 11.8 Å². The molecule has 2 amide bonds. The second-order valence-electron chi connectivity index (χ2n) is 5.43. The second-order valence-corrected chi connectivity index (χ2v) is 6.31. The highest BCUT2D eigenvalue weighted by Gasteiger charge is 2.39. The van der Waals surface area contributed by atoms with Gasteiger partial charge >= 0.3 is 6.18 Å². The molecule has 0 fully saturated rings. The number of hydrogen-bond acceptors (Lipinski definition) is 4. The van der Waals surface area contributed by atoms with Crippen molar-refractivity contribution in [2.24, 2.45) is 0 Å². The molecule has 1 heterocycles. The molecule has 0 unspecified atom stereocenters. The van der Waals surface area contributed by atoms with Crippen molar-refractivity contribution in [2.75, 3.05) is 11.6 Å². The van der Waals surface area contributed by atoms with E-state index < -0.39 is 23.6 Å². The molecule has 0 saturated heterocycles. The average molecular weight is 378 g/mol. The largest absolute Gasteiger partial charge is 0.417 e. The van der Waals surface area contributed by atoms with Crippen LogP contribution in [0, 0.1) is 0 Å². The fourth-order valence-electron chi connectivity index (χ4n) is 2.60. The van der Waals surface area contributed by atoms with Gasteiger partial charge in [-0.2, -0.15) is 13.2 Å². The molecule has 26 heavy (non-hydrogen) atoms. The van der Waals surface area contributed by atoms with E-state index >= 15 is 0 Å². The van der Waals surface area contributed by atoms with Crippen molar-refractivity contribution in [2.45, 2.75) is 11.1 Å². The summed E-state index contributed by atoms with van der Waals surface area (Å²) in [5.74, 6) is -1.63. The molecule has 0 bridgehead atoms. The summed E-state index contributed by atoms with van der Waals surface area (Å²) in [6.45, 7) is 0. The maximum atomic E-state index is 13.3. The monoisotopic (exact) mass is 378 g/mol. The Morgan fingerprint density at radius 1 is 0.962 bits per heavy atom. The first-order chi connectivity index (χ1) is 12.3. The van der Waals surface area contributed by atoms with E-state index in [4.69, 9.17) is 0 Å². The number of nitrogens with one attached hydrogen (secondary N) is 2. The van der Waals surface area contributed by atoms with Crippen LogP contribution in [0.5, 0.6) is 0 Å². The van der Waals surface area contributed by atoms with E-state index in [0.29, 0.717) is 5.69 Å². The first kappa shape index (κ1) is 18.1. The molecule has 0 aromatic heterocycles. The zero-order chi connectivity index (χ0) is 18.9. The molecular formula is C18H13F3N2O2S. The van der Waals surface area contributed by atoms with E-state index in [9.17, 15) is 22.8 Å². The van der Waals surface area contributed by atoms with Crippen molar-refractivity contribution in [3.63, 3.8) is 0 Å². The Kier molecular flexibility index (Phi) is 4.78. The van der Waals surface area contributed by atoms with E-state index in [1.165, 1.54) is 30.0 Å². The van der Waals surface area contributed by atoms with Gasteiger partial charge in [0.1, 0.15) is 5.70 Å². The predicted octanol–water partition coefficient (Wildman–Crippen LogP) is 3.91. The third-order valence-corrected chi connectivity index (χ3v) is 4.54. The van der Waals surface area contributed by atoms with Gasteiger partial charge in [0.2, 0.25) is 0 Å². The van der Waals surface area contributed by atoms with Crippen LogP contribution in [0.2, 0.25) is 0 Å². The Labute approximate surface area is 151 Å². The highest BCUT2D eigenvalue weighted by molar-refractivity contribution is 7.98. The molecule has 1 aliphatic rings. The summed E-state index contributed by atoms with van der Waals surface area (Å²) in [6.07, 6.45) is -2.75. The molecule has 0 atom stereocenters. The topological polar surface area (TPSA) is 58.2 Å². The molecule has 0 saturated carbocycles. The normalized spacial score (nSPS) is 14.6. The molecular weight excluding hydrogens is 365 g/mol. The molecule has 2 aromatic carbocycles. The number of carbonyl (C=O) groups excluding carboxylic acids is 2. The molecule has 4 nitrogen and oxygen atoms in total. The third-order valence-electron chi connectivity index (χ3n) is 3.79. The van der Waals surface area contributed by atoms with Gasteiger partial charge in [-0.1, -0.05) is 18.2 Å². The van der Waals surface area contributed by atoms with Crippen LogP contribution in [0.1, 0.15) is 11.1 Å². The maximum Gasteiger partial charge on any atom is 0.417 e. The predicted molar refractivity (Wildman–Crippen MR) is 93.4 cm³/mol. The minimum atomic E-state index is -4.65. The highest BCUT2D eigenvalue weighted by atomic mass is 32.2. The highest BCUT2D eigenvalue weighted by Crippen LogP contribution is 2.37. The number of benzene rings is 2. The van der Waals surface area contributed by atoms with Crippen LogP contribution in [0.3, 0.4) is 0 Å². The Balaban J connectivity index is 2.09. The minimum absolute atomic E-state index is 0.205. The van der Waals surface area contributed by atoms with E-state index in [0.717, 1.165) is 11.0 Å². The van der Waals surface area contributed by atoms with Gasteiger partial charge in [0.05, 0.1) is 11.1 Å². The standard InChI is InChI=1S/C18H13F3N2O2S/c1-26-11-8-6-10(7-9-11)22-15-14(16(24)23-17(15)25)12-4-2-3-5-13(12)18(19,20)21/h2-9H,1H3,(H2,22,23,24,25). The first-order valence-electron chi connectivity index (χ1n) is 7.49. The summed E-state index contributed by atoms with van der Waals surface area (Å²) in [5, 5.41) is 4.82. The van der Waals surface area contributed by atoms with Crippen molar-refractivity contribution < 1.29 is 22.8 Å². The number of rotatable bonds is 4. The lowest BCUT2D eigenvalue weighted by atomic mass is 9.98. The smallest absolute Gasteiger partial charge is 0.350 e. The number of imide groups is 1. The van der Waals surface area contributed by atoms with Gasteiger partial charge in [0, 0.05) is 16.1 Å². The zero-order valence-electron chi connectivity index (χ0n) is 13.5. The lowest BCUT2D eigenvalue weighted by Gasteiger charge is -2.14. The Morgan fingerprint density at radius 3 is 2.23 bits per heavy atom. The number of thioether (sulfide) groups is 1. The summed E-state index contributed by atoms with van der Waals surface area (Å²) in [4.78, 5) is 25.3. The van der Waals surface area contributed by atoms with E-state index in [1.54, 1.807) is 24.3 Å². The minimum Gasteiger partial charge on any atom is -0.350 e. The van der Waals surface area contributed by atoms with E-state index in [1.807, 2.05) is 6.26 Å². The molecule has 0 aliphatic carbocycles. The quantitative estimate of drug-likeness (QED) is 0.626. The number of anilines is 1. The van der Waals surface area contributed by atoms with Crippen LogP contribution in [0.15, 0.2) is 59.1 Å². The number of hydrogen-bond donors (Lipinski definition) is 2. The summed E-state index contributed by atoms with van der Waals surface area (Å²) >= 11 is 1.53. The Hall–Kier alpha value is -2.74. The summed E-state index contributed by atoms with van der Waals surface area (Å²) < 4.78 is 39.9. The number of amides is 2. The van der Waals surface area contributed by atoms with Crippen LogP contribution in [0.25, 0.3) is 5.57 Å². The average Bonchev–Trinajstić information content (AvgIpc) is 2.88. The van der Waals surface area contributed by atoms with Crippen LogP contribution in [-0.2, 0) is 15.8 Å². The van der Waals surface area contributed by atoms with E-state index in [2.05, 4.69) is 10.6 Å². The third kappa shape index (κ3) is 3.45. The van der Waals surface area contributed by atoms with Gasteiger partial charge in [-0.3, -0.25) is 14.9 Å². The molecule has 3 rings (SSSR count). The molecule has 0 spiro atoms. The SMILES string of the molecule is CSc1ccc(NC2=C(c3ccccc3C(F)(F)F)C(=O)NC2=O)cc1. The van der Waals surface area contributed by atoms with Crippen molar-refractivity contribution in [1.29, 1.82) is 0 Å².